The number of amides is 5. The average molecular weight is 752 g/mol. The van der Waals surface area contributed by atoms with Crippen molar-refractivity contribution in [2.24, 2.45) is 5.92 Å². The molecule has 0 spiro atoms. The molecule has 4 bridgehead atoms. The third-order valence-electron chi connectivity index (χ3n) is 9.96. The van der Waals surface area contributed by atoms with Gasteiger partial charge in [0.1, 0.15) is 23.7 Å². The number of halogens is 3. The average Bonchev–Trinajstić information content (AvgIpc) is 3.96. The van der Waals surface area contributed by atoms with Crippen LogP contribution in [0.3, 0.4) is 0 Å². The SMILES string of the molecule is C=C[C@@H]1C[C@]1(NC(=O)[C@@H]1C[C@@H]2CN1C(=O)[C@H](CC(F)(F)F)NC(=O)OCCCC/C=C/c1cccc3c1CN(C3)C(=O)O2)C(=O)NS(=O)(=O)C1CC1. The zero-order valence-electron chi connectivity index (χ0n) is 28.2. The molecule has 1 saturated heterocycles. The van der Waals surface area contributed by atoms with Crippen molar-refractivity contribution in [3.05, 3.63) is 53.6 Å². The van der Waals surface area contributed by atoms with Crippen LogP contribution in [0.4, 0.5) is 22.8 Å². The molecule has 0 aromatic heterocycles. The van der Waals surface area contributed by atoms with Crippen molar-refractivity contribution in [3.63, 3.8) is 0 Å². The fourth-order valence-corrected chi connectivity index (χ4v) is 8.26. The number of alkyl halides is 3. The summed E-state index contributed by atoms with van der Waals surface area (Å²) >= 11 is 0. The molecule has 282 valence electrons. The molecule has 5 aliphatic rings. The molecule has 3 aliphatic heterocycles. The Morgan fingerprint density at radius 3 is 2.60 bits per heavy atom. The van der Waals surface area contributed by atoms with E-state index >= 15 is 0 Å². The summed E-state index contributed by atoms with van der Waals surface area (Å²) in [5.74, 6) is -3.99. The first-order valence-electron chi connectivity index (χ1n) is 17.1. The van der Waals surface area contributed by atoms with Gasteiger partial charge < -0.3 is 25.0 Å². The lowest BCUT2D eigenvalue weighted by Gasteiger charge is -2.30. The van der Waals surface area contributed by atoms with E-state index in [9.17, 15) is 45.6 Å². The normalized spacial score (nSPS) is 28.9. The molecule has 3 N–H and O–H groups in total. The first-order valence-corrected chi connectivity index (χ1v) is 18.7. The van der Waals surface area contributed by atoms with Gasteiger partial charge in [-0.1, -0.05) is 36.4 Å². The summed E-state index contributed by atoms with van der Waals surface area (Å²) in [6.45, 7) is 3.44. The number of ether oxygens (including phenoxy) is 2. The van der Waals surface area contributed by atoms with Crippen LogP contribution in [0.25, 0.3) is 6.08 Å². The molecule has 52 heavy (non-hydrogen) atoms. The van der Waals surface area contributed by atoms with Crippen molar-refractivity contribution >= 4 is 46.0 Å². The zero-order valence-corrected chi connectivity index (χ0v) is 29.0. The van der Waals surface area contributed by atoms with Gasteiger partial charge in [-0.2, -0.15) is 13.2 Å². The van der Waals surface area contributed by atoms with Crippen LogP contribution < -0.4 is 15.4 Å². The second kappa shape index (κ2) is 14.4. The molecule has 3 fully saturated rings. The highest BCUT2D eigenvalue weighted by Gasteiger charge is 2.62. The van der Waals surface area contributed by atoms with Crippen LogP contribution in [0.1, 0.15) is 68.1 Å². The number of cyclic esters (lactones) is 1. The number of hydrogen-bond acceptors (Lipinski definition) is 9. The Morgan fingerprint density at radius 2 is 1.90 bits per heavy atom. The fourth-order valence-electron chi connectivity index (χ4n) is 6.90. The number of nitrogens with one attached hydrogen (secondary N) is 3. The molecule has 14 nitrogen and oxygen atoms in total. The summed E-state index contributed by atoms with van der Waals surface area (Å²) in [6.07, 6.45) is -2.77. The molecular weight excluding hydrogens is 711 g/mol. The van der Waals surface area contributed by atoms with Gasteiger partial charge in [0.2, 0.25) is 21.8 Å². The van der Waals surface area contributed by atoms with Crippen molar-refractivity contribution < 1.29 is 55.0 Å². The van der Waals surface area contributed by atoms with Gasteiger partial charge in [0, 0.05) is 18.9 Å². The van der Waals surface area contributed by atoms with Crippen molar-refractivity contribution in [3.8, 4) is 0 Å². The maximum atomic E-state index is 14.0. The second-order valence-electron chi connectivity index (χ2n) is 13.8. The lowest BCUT2D eigenvalue weighted by Crippen LogP contribution is -2.58. The van der Waals surface area contributed by atoms with E-state index in [1.165, 1.54) is 11.0 Å². The van der Waals surface area contributed by atoms with Gasteiger partial charge in [-0.25, -0.2) is 18.0 Å². The molecule has 5 amide bonds. The predicted molar refractivity (Wildman–Crippen MR) is 177 cm³/mol. The molecule has 1 aromatic rings. The maximum absolute atomic E-state index is 14.0. The van der Waals surface area contributed by atoms with Crippen LogP contribution in [0, 0.1) is 5.92 Å². The second-order valence-corrected chi connectivity index (χ2v) is 15.8. The number of sulfonamides is 1. The summed E-state index contributed by atoms with van der Waals surface area (Å²) in [7, 11) is -4.01. The van der Waals surface area contributed by atoms with Crippen LogP contribution in [0.5, 0.6) is 0 Å². The molecule has 3 heterocycles. The zero-order chi connectivity index (χ0) is 37.4. The smallest absolute Gasteiger partial charge is 0.410 e. The van der Waals surface area contributed by atoms with Gasteiger partial charge in [0.25, 0.3) is 5.91 Å². The van der Waals surface area contributed by atoms with E-state index in [4.69, 9.17) is 9.47 Å². The number of benzene rings is 1. The van der Waals surface area contributed by atoms with Gasteiger partial charge in [-0.3, -0.25) is 24.0 Å². The third-order valence-corrected chi connectivity index (χ3v) is 11.8. The monoisotopic (exact) mass is 751 g/mol. The first kappa shape index (κ1) is 37.2. The van der Waals surface area contributed by atoms with Gasteiger partial charge in [-0.05, 0) is 55.2 Å². The van der Waals surface area contributed by atoms with Crippen molar-refractivity contribution in [1.29, 1.82) is 0 Å². The third kappa shape index (κ3) is 8.21. The van der Waals surface area contributed by atoms with E-state index in [2.05, 4.69) is 11.9 Å². The number of alkyl carbamates (subject to hydrolysis) is 1. The van der Waals surface area contributed by atoms with E-state index < -0.39 is 94.0 Å². The van der Waals surface area contributed by atoms with E-state index in [1.54, 1.807) is 0 Å². The number of nitrogens with zero attached hydrogens (tertiary/aromatic N) is 2. The molecule has 2 aliphatic carbocycles. The predicted octanol–water partition coefficient (Wildman–Crippen LogP) is 3.02. The highest BCUT2D eigenvalue weighted by Crippen LogP contribution is 2.45. The Morgan fingerprint density at radius 1 is 1.13 bits per heavy atom. The molecule has 1 aromatic carbocycles. The fraction of sp³-hybridized carbons (Fsp3) is 0.559. The van der Waals surface area contributed by atoms with Crippen LogP contribution >= 0.6 is 0 Å². The lowest BCUT2D eigenvalue weighted by atomic mass is 10.0. The quantitative estimate of drug-likeness (QED) is 0.353. The number of carbonyl (C=O) groups excluding carboxylic acids is 5. The van der Waals surface area contributed by atoms with Gasteiger partial charge in [-0.15, -0.1) is 6.58 Å². The first-order chi connectivity index (χ1) is 24.6. The van der Waals surface area contributed by atoms with Crippen molar-refractivity contribution in [2.45, 2.75) is 99.6 Å². The van der Waals surface area contributed by atoms with Crippen molar-refractivity contribution in [1.82, 2.24) is 25.2 Å². The summed E-state index contributed by atoms with van der Waals surface area (Å²) in [4.78, 5) is 69.4. The van der Waals surface area contributed by atoms with E-state index in [0.29, 0.717) is 32.1 Å². The van der Waals surface area contributed by atoms with Gasteiger partial charge >= 0.3 is 18.4 Å². The molecule has 6 rings (SSSR count). The Hall–Kier alpha value is -4.61. The topological polar surface area (TPSA) is 181 Å². The van der Waals surface area contributed by atoms with Crippen LogP contribution in [0.15, 0.2) is 36.9 Å². The highest BCUT2D eigenvalue weighted by molar-refractivity contribution is 7.91. The molecule has 5 atom stereocenters. The summed E-state index contributed by atoms with van der Waals surface area (Å²) in [5, 5.41) is 3.77. The van der Waals surface area contributed by atoms with Gasteiger partial charge in [0.15, 0.2) is 0 Å². The minimum absolute atomic E-state index is 0.0237. The molecule has 0 radical (unpaired) electrons. The Balaban J connectivity index is 1.27. The van der Waals surface area contributed by atoms with E-state index in [1.807, 2.05) is 40.4 Å². The summed E-state index contributed by atoms with van der Waals surface area (Å²) in [6, 6.07) is 1.87. The number of hydrogen-bond donors (Lipinski definition) is 3. The van der Waals surface area contributed by atoms with E-state index in [0.717, 1.165) is 21.6 Å². The number of carbonyl (C=O) groups is 5. The maximum Gasteiger partial charge on any atom is 0.410 e. The minimum Gasteiger partial charge on any atom is -0.450 e. The number of rotatable bonds is 7. The lowest BCUT2D eigenvalue weighted by molar-refractivity contribution is -0.155. The van der Waals surface area contributed by atoms with Crippen LogP contribution in [-0.2, 0) is 47.0 Å². The summed E-state index contributed by atoms with van der Waals surface area (Å²) in [5.41, 5.74) is 0.958. The Kier molecular flexibility index (Phi) is 10.3. The standard InChI is InChI=1S/C34H40F3N5O9S/c1-2-22-15-33(22,30(45)40-52(48,49)24-11-12-24)39-28(43)27-14-23-18-42(27)29(44)26(16-34(35,36)37)38-31(46)50-13-6-4-3-5-8-20-9-7-10-21-17-41(19-25(20)21)32(47)51-23/h2,5,7-10,22-24,26-27H,1,3-4,6,11-19H2,(H,38,46)(H,39,43)(H,40,45)/b8-5+/t22-,23-,26+,27+,33-/m1/s1. The van der Waals surface area contributed by atoms with Crippen LogP contribution in [-0.4, -0.2) is 96.4 Å². The molecule has 2 saturated carbocycles. The minimum atomic E-state index is -4.93. The molecule has 0 unspecified atom stereocenters. The highest BCUT2D eigenvalue weighted by atomic mass is 32.2. The van der Waals surface area contributed by atoms with Crippen molar-refractivity contribution in [2.75, 3.05) is 13.2 Å². The van der Waals surface area contributed by atoms with Gasteiger partial charge in [0.05, 0.1) is 31.4 Å². The largest absolute Gasteiger partial charge is 0.450 e. The van der Waals surface area contributed by atoms with Crippen LogP contribution in [0.2, 0.25) is 0 Å². The Labute approximate surface area is 298 Å². The molecule has 18 heteroatoms. The van der Waals surface area contributed by atoms with E-state index in [-0.39, 0.29) is 32.5 Å². The Bertz CT molecular complexity index is 1780. The number of allylic oxidation sites excluding steroid dienone is 1. The number of fused-ring (bicyclic) bond motifs is 3. The summed E-state index contributed by atoms with van der Waals surface area (Å²) < 4.78 is 79.2. The molecular formula is C34H40F3N5O9S.